The standard InChI is InChI=1S/C14H21F3N4O2/c1-10-12(8-19(3)18-10)9-20-4-6-21(7-5-20)13(22)23-11(2)14(15,16)17/h8,11H,4-7,9H2,1-3H3. The van der Waals surface area contributed by atoms with Crippen LogP contribution in [-0.2, 0) is 18.3 Å². The number of aromatic nitrogens is 2. The minimum Gasteiger partial charge on any atom is -0.437 e. The van der Waals surface area contributed by atoms with Gasteiger partial charge in [0.1, 0.15) is 0 Å². The van der Waals surface area contributed by atoms with Crippen molar-refractivity contribution in [2.24, 2.45) is 7.05 Å². The van der Waals surface area contributed by atoms with Gasteiger partial charge in [0.25, 0.3) is 0 Å². The molecule has 0 spiro atoms. The zero-order chi connectivity index (χ0) is 17.2. The number of hydrogen-bond donors (Lipinski definition) is 0. The van der Waals surface area contributed by atoms with Crippen molar-refractivity contribution >= 4 is 6.09 Å². The third-order valence-corrected chi connectivity index (χ3v) is 3.88. The lowest BCUT2D eigenvalue weighted by Gasteiger charge is -2.34. The minimum atomic E-state index is -4.53. The maximum Gasteiger partial charge on any atom is 0.425 e. The third-order valence-electron chi connectivity index (χ3n) is 3.88. The summed E-state index contributed by atoms with van der Waals surface area (Å²) in [6, 6.07) is 0. The normalized spacial score (nSPS) is 18.1. The van der Waals surface area contributed by atoms with Crippen molar-refractivity contribution in [2.75, 3.05) is 26.2 Å². The van der Waals surface area contributed by atoms with E-state index >= 15 is 0 Å². The van der Waals surface area contributed by atoms with Crippen molar-refractivity contribution in [1.82, 2.24) is 19.6 Å². The molecule has 0 radical (unpaired) electrons. The molecule has 0 aromatic carbocycles. The highest BCUT2D eigenvalue weighted by atomic mass is 19.4. The molecule has 0 saturated carbocycles. The molecule has 0 N–H and O–H groups in total. The number of hydrogen-bond acceptors (Lipinski definition) is 4. The molecule has 0 aliphatic carbocycles. The van der Waals surface area contributed by atoms with Crippen LogP contribution in [0.4, 0.5) is 18.0 Å². The molecule has 1 aromatic rings. The molecular weight excluding hydrogens is 313 g/mol. The second kappa shape index (κ2) is 6.77. The summed E-state index contributed by atoms with van der Waals surface area (Å²) in [7, 11) is 1.85. The predicted molar refractivity (Wildman–Crippen MR) is 76.8 cm³/mol. The first-order valence-electron chi connectivity index (χ1n) is 7.40. The van der Waals surface area contributed by atoms with Crippen LogP contribution < -0.4 is 0 Å². The van der Waals surface area contributed by atoms with Crippen molar-refractivity contribution in [3.05, 3.63) is 17.5 Å². The zero-order valence-electron chi connectivity index (χ0n) is 13.4. The van der Waals surface area contributed by atoms with E-state index in [0.29, 0.717) is 32.7 Å². The van der Waals surface area contributed by atoms with Gasteiger partial charge in [-0.15, -0.1) is 0 Å². The Morgan fingerprint density at radius 1 is 1.35 bits per heavy atom. The lowest BCUT2D eigenvalue weighted by molar-refractivity contribution is -0.200. The van der Waals surface area contributed by atoms with Gasteiger partial charge in [0, 0.05) is 51.5 Å². The highest BCUT2D eigenvalue weighted by Crippen LogP contribution is 2.23. The number of rotatable bonds is 3. The molecule has 2 rings (SSSR count). The Hall–Kier alpha value is -1.77. The van der Waals surface area contributed by atoms with E-state index in [0.717, 1.165) is 18.2 Å². The molecule has 1 fully saturated rings. The van der Waals surface area contributed by atoms with Gasteiger partial charge in [-0.1, -0.05) is 0 Å². The van der Waals surface area contributed by atoms with E-state index < -0.39 is 18.4 Å². The zero-order valence-corrected chi connectivity index (χ0v) is 13.4. The van der Waals surface area contributed by atoms with Crippen LogP contribution in [-0.4, -0.2) is 64.1 Å². The van der Waals surface area contributed by atoms with Crippen LogP contribution in [0.2, 0.25) is 0 Å². The van der Waals surface area contributed by atoms with Crippen molar-refractivity contribution in [3.63, 3.8) is 0 Å². The number of ether oxygens (including phenoxy) is 1. The Labute approximate surface area is 132 Å². The molecule has 0 bridgehead atoms. The first-order chi connectivity index (χ1) is 10.7. The number of carbonyl (C=O) groups is 1. The van der Waals surface area contributed by atoms with Crippen molar-refractivity contribution in [2.45, 2.75) is 32.7 Å². The number of amides is 1. The van der Waals surface area contributed by atoms with Crippen LogP contribution in [0, 0.1) is 6.92 Å². The summed E-state index contributed by atoms with van der Waals surface area (Å²) < 4.78 is 43.4. The molecular formula is C14H21F3N4O2. The number of aryl methyl sites for hydroxylation is 2. The van der Waals surface area contributed by atoms with Crippen LogP contribution in [0.3, 0.4) is 0 Å². The van der Waals surface area contributed by atoms with E-state index in [1.165, 1.54) is 4.90 Å². The van der Waals surface area contributed by atoms with E-state index in [-0.39, 0.29) is 0 Å². The number of nitrogens with zero attached hydrogens (tertiary/aromatic N) is 4. The van der Waals surface area contributed by atoms with E-state index in [1.54, 1.807) is 4.68 Å². The predicted octanol–water partition coefficient (Wildman–Crippen LogP) is 1.93. The maximum atomic E-state index is 12.4. The van der Waals surface area contributed by atoms with E-state index in [9.17, 15) is 18.0 Å². The summed E-state index contributed by atoms with van der Waals surface area (Å²) in [5.41, 5.74) is 2.06. The molecule has 1 aliphatic rings. The van der Waals surface area contributed by atoms with E-state index in [1.807, 2.05) is 20.2 Å². The van der Waals surface area contributed by atoms with Gasteiger partial charge >= 0.3 is 12.3 Å². The molecule has 1 saturated heterocycles. The summed E-state index contributed by atoms with van der Waals surface area (Å²) in [4.78, 5) is 15.2. The number of carbonyl (C=O) groups excluding carboxylic acids is 1. The largest absolute Gasteiger partial charge is 0.437 e. The molecule has 6 nitrogen and oxygen atoms in total. The molecule has 1 unspecified atom stereocenters. The number of piperazine rings is 1. The average molecular weight is 334 g/mol. The van der Waals surface area contributed by atoms with Crippen molar-refractivity contribution < 1.29 is 22.7 Å². The van der Waals surface area contributed by atoms with Gasteiger partial charge in [-0.05, 0) is 13.8 Å². The van der Waals surface area contributed by atoms with Crippen LogP contribution >= 0.6 is 0 Å². The van der Waals surface area contributed by atoms with Gasteiger partial charge in [-0.2, -0.15) is 18.3 Å². The Balaban J connectivity index is 1.81. The molecule has 23 heavy (non-hydrogen) atoms. The summed E-state index contributed by atoms with van der Waals surface area (Å²) in [5.74, 6) is 0. The SMILES string of the molecule is Cc1nn(C)cc1CN1CCN(C(=O)OC(C)C(F)(F)F)CC1. The number of halogens is 3. The van der Waals surface area contributed by atoms with Crippen molar-refractivity contribution in [1.29, 1.82) is 0 Å². The summed E-state index contributed by atoms with van der Waals surface area (Å²) in [5, 5.41) is 4.27. The highest BCUT2D eigenvalue weighted by molar-refractivity contribution is 5.68. The van der Waals surface area contributed by atoms with Gasteiger partial charge in [-0.25, -0.2) is 4.79 Å². The van der Waals surface area contributed by atoms with E-state index in [4.69, 9.17) is 0 Å². The van der Waals surface area contributed by atoms with Gasteiger partial charge in [-0.3, -0.25) is 9.58 Å². The Morgan fingerprint density at radius 2 is 1.96 bits per heavy atom. The lowest BCUT2D eigenvalue weighted by Crippen LogP contribution is -2.49. The molecule has 2 heterocycles. The quantitative estimate of drug-likeness (QED) is 0.848. The van der Waals surface area contributed by atoms with Crippen LogP contribution in [0.1, 0.15) is 18.2 Å². The van der Waals surface area contributed by atoms with Crippen LogP contribution in [0.5, 0.6) is 0 Å². The summed E-state index contributed by atoms with van der Waals surface area (Å²) in [6.45, 7) is 5.35. The van der Waals surface area contributed by atoms with Gasteiger partial charge in [0.05, 0.1) is 5.69 Å². The monoisotopic (exact) mass is 334 g/mol. The molecule has 130 valence electrons. The molecule has 1 aliphatic heterocycles. The molecule has 9 heteroatoms. The average Bonchev–Trinajstić information content (AvgIpc) is 2.76. The van der Waals surface area contributed by atoms with Crippen molar-refractivity contribution in [3.8, 4) is 0 Å². The first-order valence-corrected chi connectivity index (χ1v) is 7.40. The van der Waals surface area contributed by atoms with Gasteiger partial charge in [0.2, 0.25) is 0 Å². The Bertz CT molecular complexity index is 551. The van der Waals surface area contributed by atoms with Crippen LogP contribution in [0.25, 0.3) is 0 Å². The summed E-state index contributed by atoms with van der Waals surface area (Å²) >= 11 is 0. The highest BCUT2D eigenvalue weighted by Gasteiger charge is 2.40. The maximum absolute atomic E-state index is 12.4. The van der Waals surface area contributed by atoms with Gasteiger partial charge < -0.3 is 9.64 Å². The van der Waals surface area contributed by atoms with Crippen LogP contribution in [0.15, 0.2) is 6.20 Å². The number of alkyl halides is 3. The second-order valence-corrected chi connectivity index (χ2v) is 5.74. The fraction of sp³-hybridized carbons (Fsp3) is 0.714. The molecule has 1 amide bonds. The smallest absolute Gasteiger partial charge is 0.425 e. The first kappa shape index (κ1) is 17.6. The fourth-order valence-electron chi connectivity index (χ4n) is 2.43. The Kier molecular flexibility index (Phi) is 5.18. The molecule has 1 atom stereocenters. The fourth-order valence-corrected chi connectivity index (χ4v) is 2.43. The summed E-state index contributed by atoms with van der Waals surface area (Å²) in [6.07, 6.45) is -5.59. The molecule has 1 aromatic heterocycles. The Morgan fingerprint density at radius 3 is 2.43 bits per heavy atom. The van der Waals surface area contributed by atoms with Gasteiger partial charge in [0.15, 0.2) is 6.10 Å². The topological polar surface area (TPSA) is 50.6 Å². The third kappa shape index (κ3) is 4.60. The lowest BCUT2D eigenvalue weighted by atomic mass is 10.2. The van der Waals surface area contributed by atoms with E-state index in [2.05, 4.69) is 14.7 Å². The second-order valence-electron chi connectivity index (χ2n) is 5.74. The minimum absolute atomic E-state index is 0.350.